The Kier molecular flexibility index (Phi) is 2.80. The first-order chi connectivity index (χ1) is 6.22. The number of hydrogen-bond acceptors (Lipinski definition) is 2. The second-order valence-corrected chi connectivity index (χ2v) is 5.11. The third kappa shape index (κ3) is 1.71. The Labute approximate surface area is 96.6 Å². The fourth-order valence-electron chi connectivity index (χ4n) is 0.973. The number of rotatable bonds is 1. The molecule has 0 fully saturated rings. The number of fused-ring (bicyclic) bond motifs is 1. The van der Waals surface area contributed by atoms with E-state index in [1.807, 2.05) is 0 Å². The van der Waals surface area contributed by atoms with Gasteiger partial charge in [-0.1, -0.05) is 0 Å². The van der Waals surface area contributed by atoms with Crippen LogP contribution in [0.3, 0.4) is 0 Å². The van der Waals surface area contributed by atoms with E-state index in [9.17, 15) is 4.39 Å². The minimum absolute atomic E-state index is 0.233. The molecular weight excluding hydrogens is 371 g/mol. The molecule has 13 heavy (non-hydrogen) atoms. The summed E-state index contributed by atoms with van der Waals surface area (Å²) in [7, 11) is 0. The fraction of sp³-hybridized carbons (Fsp3) is 0. The molecule has 0 N–H and O–H groups in total. The molecule has 0 radical (unpaired) electrons. The van der Waals surface area contributed by atoms with Gasteiger partial charge in [0.05, 0.1) is 12.6 Å². The van der Waals surface area contributed by atoms with Gasteiger partial charge in [0.15, 0.2) is 11.5 Å². The van der Waals surface area contributed by atoms with Crippen LogP contribution in [0.4, 0.5) is 4.39 Å². The molecule has 2 rings (SSSR count). The molecule has 0 aliphatic carbocycles. The molecule has 0 aromatic carbocycles. The van der Waals surface area contributed by atoms with Crippen molar-refractivity contribution in [3.63, 3.8) is 0 Å². The standard InChI is InChI=1S/C6H3BrFIN3P/c7-5-4(8)1-3-2-10-12(13-9)6(3)11-5/h1-2,13H. The van der Waals surface area contributed by atoms with Crippen molar-refractivity contribution in [3.8, 4) is 0 Å². The van der Waals surface area contributed by atoms with E-state index in [1.54, 1.807) is 10.6 Å². The van der Waals surface area contributed by atoms with Gasteiger partial charge in [0, 0.05) is 5.39 Å². The highest BCUT2D eigenvalue weighted by molar-refractivity contribution is 14.2. The molecule has 1 atom stereocenters. The summed E-state index contributed by atoms with van der Waals surface area (Å²) in [4.78, 5) is 4.05. The largest absolute Gasteiger partial charge is 0.219 e. The average molecular weight is 374 g/mol. The maximum atomic E-state index is 13.0. The summed E-state index contributed by atoms with van der Waals surface area (Å²) in [5.74, 6) is -0.358. The van der Waals surface area contributed by atoms with Gasteiger partial charge in [-0.05, 0) is 44.0 Å². The topological polar surface area (TPSA) is 30.7 Å². The van der Waals surface area contributed by atoms with Crippen LogP contribution in [0.25, 0.3) is 11.0 Å². The quantitative estimate of drug-likeness (QED) is 0.437. The Bertz CT molecular complexity index is 460. The van der Waals surface area contributed by atoms with Gasteiger partial charge < -0.3 is 0 Å². The summed E-state index contributed by atoms with van der Waals surface area (Å²) in [6.07, 6.45) is 2.09. The van der Waals surface area contributed by atoms with Gasteiger partial charge >= 0.3 is 0 Å². The number of halogens is 3. The van der Waals surface area contributed by atoms with E-state index >= 15 is 0 Å². The van der Waals surface area contributed by atoms with Gasteiger partial charge in [0.1, 0.15) is 4.60 Å². The normalized spacial score (nSPS) is 11.9. The Morgan fingerprint density at radius 1 is 1.62 bits per heavy atom. The first-order valence-electron chi connectivity index (χ1n) is 3.29. The third-order valence-electron chi connectivity index (χ3n) is 1.53. The fourth-order valence-corrected chi connectivity index (χ4v) is 2.67. The molecule has 3 nitrogen and oxygen atoms in total. The lowest BCUT2D eigenvalue weighted by Gasteiger charge is -1.97. The Balaban J connectivity index is 2.77. The van der Waals surface area contributed by atoms with Crippen molar-refractivity contribution < 1.29 is 4.39 Å². The van der Waals surface area contributed by atoms with E-state index < -0.39 is 0 Å². The second kappa shape index (κ2) is 3.74. The van der Waals surface area contributed by atoms with Crippen molar-refractivity contribution in [2.24, 2.45) is 0 Å². The van der Waals surface area contributed by atoms with E-state index in [0.717, 1.165) is 5.39 Å². The van der Waals surface area contributed by atoms with Gasteiger partial charge in [-0.3, -0.25) is 0 Å². The molecule has 2 heterocycles. The lowest BCUT2D eigenvalue weighted by atomic mass is 10.3. The lowest BCUT2D eigenvalue weighted by molar-refractivity contribution is 0.616. The van der Waals surface area contributed by atoms with Crippen molar-refractivity contribution in [1.82, 2.24) is 14.5 Å². The molecule has 0 aliphatic rings. The van der Waals surface area contributed by atoms with Crippen molar-refractivity contribution in [2.75, 3.05) is 0 Å². The summed E-state index contributed by atoms with van der Waals surface area (Å²) in [6.45, 7) is 0. The van der Waals surface area contributed by atoms with Gasteiger partial charge in [-0.25, -0.2) is 13.8 Å². The summed E-state index contributed by atoms with van der Waals surface area (Å²) in [5, 5.41) is 4.79. The second-order valence-electron chi connectivity index (χ2n) is 2.31. The summed E-state index contributed by atoms with van der Waals surface area (Å²) < 4.78 is 15.0. The van der Waals surface area contributed by atoms with E-state index in [1.165, 1.54) is 6.07 Å². The average Bonchev–Trinajstić information content (AvgIpc) is 2.48. The van der Waals surface area contributed by atoms with Crippen molar-refractivity contribution in [1.29, 1.82) is 0 Å². The van der Waals surface area contributed by atoms with Gasteiger partial charge in [0.25, 0.3) is 0 Å². The molecule has 0 saturated carbocycles. The van der Waals surface area contributed by atoms with Crippen LogP contribution in [0.15, 0.2) is 16.9 Å². The van der Waals surface area contributed by atoms with E-state index in [-0.39, 0.29) is 10.4 Å². The number of pyridine rings is 1. The molecule has 68 valence electrons. The monoisotopic (exact) mass is 373 g/mol. The van der Waals surface area contributed by atoms with Crippen LogP contribution in [0, 0.1) is 5.82 Å². The van der Waals surface area contributed by atoms with Crippen LogP contribution in [0.1, 0.15) is 0 Å². The first kappa shape index (κ1) is 9.73. The molecule has 2 aromatic heterocycles. The zero-order valence-corrected chi connectivity index (χ0v) is 10.9. The van der Waals surface area contributed by atoms with Crippen molar-refractivity contribution in [2.45, 2.75) is 0 Å². The summed E-state index contributed by atoms with van der Waals surface area (Å²) >= 11 is 5.24. The SMILES string of the molecule is Fc1cc2cnn(PI)c2nc1Br. The van der Waals surface area contributed by atoms with E-state index in [0.29, 0.717) is 12.0 Å². The Morgan fingerprint density at radius 3 is 3.08 bits per heavy atom. The highest BCUT2D eigenvalue weighted by Crippen LogP contribution is 2.28. The predicted molar refractivity (Wildman–Crippen MR) is 62.9 cm³/mol. The lowest BCUT2D eigenvalue weighted by Crippen LogP contribution is -1.88. The molecular formula is C6H3BrFIN3P. The predicted octanol–water partition coefficient (Wildman–Crippen LogP) is 3.12. The minimum Gasteiger partial charge on any atom is -0.219 e. The molecule has 0 spiro atoms. The molecule has 1 unspecified atom stereocenters. The summed E-state index contributed by atoms with van der Waals surface area (Å²) in [5.41, 5.74) is 0.709. The minimum atomic E-state index is -0.358. The van der Waals surface area contributed by atoms with Gasteiger partial charge in [-0.2, -0.15) is 5.10 Å². The molecule has 2 aromatic rings. The van der Waals surface area contributed by atoms with Crippen molar-refractivity contribution in [3.05, 3.63) is 22.7 Å². The Hall–Kier alpha value is 0.190. The first-order valence-corrected chi connectivity index (χ1v) is 8.14. The van der Waals surface area contributed by atoms with E-state index in [4.69, 9.17) is 0 Å². The number of aromatic nitrogens is 3. The van der Waals surface area contributed by atoms with Crippen LogP contribution >= 0.6 is 44.3 Å². The van der Waals surface area contributed by atoms with Crippen LogP contribution in [0.5, 0.6) is 0 Å². The van der Waals surface area contributed by atoms with Gasteiger partial charge in [0.2, 0.25) is 0 Å². The maximum Gasteiger partial charge on any atom is 0.163 e. The zero-order chi connectivity index (χ0) is 9.42. The molecule has 7 heteroatoms. The number of nitrogens with zero attached hydrogens (tertiary/aromatic N) is 3. The van der Waals surface area contributed by atoms with Crippen LogP contribution < -0.4 is 0 Å². The van der Waals surface area contributed by atoms with Crippen LogP contribution in [0.2, 0.25) is 0 Å². The van der Waals surface area contributed by atoms with Crippen LogP contribution in [-0.2, 0) is 0 Å². The molecule has 0 bridgehead atoms. The third-order valence-corrected chi connectivity index (χ3v) is 3.95. The van der Waals surface area contributed by atoms with Gasteiger partial charge in [-0.15, -0.1) is 0 Å². The number of hydrogen-bond donors (Lipinski definition) is 0. The van der Waals surface area contributed by atoms with E-state index in [2.05, 4.69) is 48.1 Å². The van der Waals surface area contributed by atoms with Crippen LogP contribution in [-0.4, -0.2) is 14.5 Å². The smallest absolute Gasteiger partial charge is 0.163 e. The summed E-state index contributed by atoms with van der Waals surface area (Å²) in [6, 6.07) is 1.42. The molecule has 0 aliphatic heterocycles. The molecule has 0 saturated heterocycles. The highest BCUT2D eigenvalue weighted by Gasteiger charge is 2.07. The van der Waals surface area contributed by atoms with Crippen molar-refractivity contribution >= 4 is 55.4 Å². The molecule has 0 amide bonds. The Morgan fingerprint density at radius 2 is 2.38 bits per heavy atom. The maximum absolute atomic E-state index is 13.0. The zero-order valence-electron chi connectivity index (χ0n) is 6.13. The highest BCUT2D eigenvalue weighted by atomic mass is 127.